The summed E-state index contributed by atoms with van der Waals surface area (Å²) < 4.78 is 5.04. The standard InChI is InChI=1S/C25H28N4O5/c1-16-8-6-9-17(2)24(16)28-21(30)14-29(3)22(31)15-34-23(32)13-7-12-20-26-19-11-5-4-10-18(19)25(33)27-20/h4-6,8-11H,7,12-15H2,1-3H3,(H,28,30)(H,26,27,33). The Bertz CT molecular complexity index is 1250. The van der Waals surface area contributed by atoms with E-state index in [1.807, 2.05) is 32.0 Å². The number of nitrogens with one attached hydrogen (secondary N) is 2. The molecule has 0 bridgehead atoms. The number of aromatic nitrogens is 2. The minimum absolute atomic E-state index is 0.0700. The Morgan fingerprint density at radius 3 is 2.50 bits per heavy atom. The lowest BCUT2D eigenvalue weighted by molar-refractivity contribution is -0.151. The van der Waals surface area contributed by atoms with Gasteiger partial charge in [-0.05, 0) is 43.5 Å². The van der Waals surface area contributed by atoms with Gasteiger partial charge in [-0.15, -0.1) is 0 Å². The van der Waals surface area contributed by atoms with E-state index in [2.05, 4.69) is 15.3 Å². The molecule has 0 aliphatic heterocycles. The maximum atomic E-state index is 12.3. The van der Waals surface area contributed by atoms with E-state index in [-0.39, 0.29) is 24.4 Å². The van der Waals surface area contributed by atoms with Crippen LogP contribution in [0.3, 0.4) is 0 Å². The van der Waals surface area contributed by atoms with Gasteiger partial charge < -0.3 is 19.9 Å². The number of aryl methyl sites for hydroxylation is 3. The number of fused-ring (bicyclic) bond motifs is 1. The van der Waals surface area contributed by atoms with Crippen molar-refractivity contribution in [3.8, 4) is 0 Å². The molecule has 2 amide bonds. The number of ether oxygens (including phenoxy) is 1. The van der Waals surface area contributed by atoms with Gasteiger partial charge in [0.25, 0.3) is 11.5 Å². The summed E-state index contributed by atoms with van der Waals surface area (Å²) in [5.74, 6) is -0.867. The van der Waals surface area contributed by atoms with Crippen molar-refractivity contribution in [1.82, 2.24) is 14.9 Å². The molecule has 178 valence electrons. The van der Waals surface area contributed by atoms with Crippen LogP contribution < -0.4 is 10.9 Å². The third kappa shape index (κ3) is 6.50. The number of aromatic amines is 1. The Kier molecular flexibility index (Phi) is 8.13. The number of nitrogens with zero attached hydrogens (tertiary/aromatic N) is 2. The van der Waals surface area contributed by atoms with Gasteiger partial charge in [0.1, 0.15) is 5.82 Å². The fourth-order valence-electron chi connectivity index (χ4n) is 3.47. The van der Waals surface area contributed by atoms with Crippen LogP contribution in [0.15, 0.2) is 47.3 Å². The largest absolute Gasteiger partial charge is 0.456 e. The summed E-state index contributed by atoms with van der Waals surface area (Å²) in [4.78, 5) is 57.0. The van der Waals surface area contributed by atoms with Crippen molar-refractivity contribution in [1.29, 1.82) is 0 Å². The molecule has 2 N–H and O–H groups in total. The number of H-pyrrole nitrogens is 1. The predicted molar refractivity (Wildman–Crippen MR) is 128 cm³/mol. The van der Waals surface area contributed by atoms with E-state index in [0.29, 0.717) is 29.6 Å². The number of likely N-dealkylation sites (N-methyl/N-ethyl adjacent to an activating group) is 1. The summed E-state index contributed by atoms with van der Waals surface area (Å²) in [6.07, 6.45) is 0.865. The van der Waals surface area contributed by atoms with Gasteiger partial charge in [0, 0.05) is 25.6 Å². The zero-order valence-electron chi connectivity index (χ0n) is 19.5. The molecule has 0 spiro atoms. The summed E-state index contributed by atoms with van der Waals surface area (Å²) in [7, 11) is 1.47. The van der Waals surface area contributed by atoms with Crippen LogP contribution >= 0.6 is 0 Å². The normalized spacial score (nSPS) is 10.7. The van der Waals surface area contributed by atoms with E-state index >= 15 is 0 Å². The van der Waals surface area contributed by atoms with Crippen molar-refractivity contribution in [2.75, 3.05) is 25.5 Å². The number of para-hydroxylation sites is 2. The molecule has 1 aromatic heterocycles. The first-order chi connectivity index (χ1) is 16.2. The van der Waals surface area contributed by atoms with Crippen LogP contribution in [0.5, 0.6) is 0 Å². The van der Waals surface area contributed by atoms with Crippen LogP contribution in [0.4, 0.5) is 5.69 Å². The third-order valence-corrected chi connectivity index (χ3v) is 5.37. The SMILES string of the molecule is Cc1cccc(C)c1NC(=O)CN(C)C(=O)COC(=O)CCCc1nc2ccccc2c(=O)[nH]1. The molecule has 0 aliphatic carbocycles. The maximum absolute atomic E-state index is 12.3. The second-order valence-electron chi connectivity index (χ2n) is 8.11. The Morgan fingerprint density at radius 1 is 1.06 bits per heavy atom. The van der Waals surface area contributed by atoms with Crippen LogP contribution in [0.2, 0.25) is 0 Å². The topological polar surface area (TPSA) is 121 Å². The van der Waals surface area contributed by atoms with E-state index < -0.39 is 18.5 Å². The minimum Gasteiger partial charge on any atom is -0.456 e. The van der Waals surface area contributed by atoms with Crippen LogP contribution in [0.1, 0.15) is 29.8 Å². The second kappa shape index (κ2) is 11.2. The first kappa shape index (κ1) is 24.6. The highest BCUT2D eigenvalue weighted by Gasteiger charge is 2.16. The van der Waals surface area contributed by atoms with E-state index in [0.717, 1.165) is 16.8 Å². The van der Waals surface area contributed by atoms with Gasteiger partial charge in [0.15, 0.2) is 6.61 Å². The highest BCUT2D eigenvalue weighted by Crippen LogP contribution is 2.19. The molecule has 9 nitrogen and oxygen atoms in total. The molecule has 0 aliphatic rings. The molecule has 0 radical (unpaired) electrons. The number of carbonyl (C=O) groups is 3. The average Bonchev–Trinajstić information content (AvgIpc) is 2.80. The number of benzene rings is 2. The third-order valence-electron chi connectivity index (χ3n) is 5.37. The molecule has 0 saturated carbocycles. The zero-order valence-corrected chi connectivity index (χ0v) is 19.5. The molecule has 0 atom stereocenters. The highest BCUT2D eigenvalue weighted by atomic mass is 16.5. The van der Waals surface area contributed by atoms with Crippen molar-refractivity contribution < 1.29 is 19.1 Å². The van der Waals surface area contributed by atoms with E-state index in [1.54, 1.807) is 24.3 Å². The number of hydrogen-bond acceptors (Lipinski definition) is 6. The summed E-state index contributed by atoms with van der Waals surface area (Å²) >= 11 is 0. The van der Waals surface area contributed by atoms with E-state index in [1.165, 1.54) is 11.9 Å². The summed E-state index contributed by atoms with van der Waals surface area (Å²) in [6, 6.07) is 12.7. The molecule has 34 heavy (non-hydrogen) atoms. The summed E-state index contributed by atoms with van der Waals surface area (Å²) in [5.41, 5.74) is 2.96. The molecule has 0 fully saturated rings. The monoisotopic (exact) mass is 464 g/mol. The lowest BCUT2D eigenvalue weighted by Gasteiger charge is -2.18. The molecule has 0 saturated heterocycles. The van der Waals surface area contributed by atoms with Crippen molar-refractivity contribution in [3.63, 3.8) is 0 Å². The molecular formula is C25H28N4O5. The highest BCUT2D eigenvalue weighted by molar-refractivity contribution is 5.96. The summed E-state index contributed by atoms with van der Waals surface area (Å²) in [6.45, 7) is 3.18. The second-order valence-corrected chi connectivity index (χ2v) is 8.11. The average molecular weight is 465 g/mol. The van der Waals surface area contributed by atoms with Gasteiger partial charge >= 0.3 is 5.97 Å². The van der Waals surface area contributed by atoms with Gasteiger partial charge in [-0.2, -0.15) is 0 Å². The van der Waals surface area contributed by atoms with Crippen LogP contribution in [-0.4, -0.2) is 52.9 Å². The van der Waals surface area contributed by atoms with Crippen molar-refractivity contribution >= 4 is 34.4 Å². The maximum Gasteiger partial charge on any atom is 0.306 e. The molecular weight excluding hydrogens is 436 g/mol. The predicted octanol–water partition coefficient (Wildman–Crippen LogP) is 2.50. The van der Waals surface area contributed by atoms with Crippen molar-refractivity contribution in [3.05, 3.63) is 69.8 Å². The van der Waals surface area contributed by atoms with Gasteiger partial charge in [0.05, 0.1) is 17.4 Å². The Balaban J connectivity index is 1.40. The molecule has 3 aromatic rings. The van der Waals surface area contributed by atoms with Crippen LogP contribution in [-0.2, 0) is 25.5 Å². The molecule has 2 aromatic carbocycles. The minimum atomic E-state index is -0.537. The molecule has 9 heteroatoms. The first-order valence-electron chi connectivity index (χ1n) is 11.0. The Hall–Kier alpha value is -4.01. The van der Waals surface area contributed by atoms with E-state index in [4.69, 9.17) is 4.74 Å². The van der Waals surface area contributed by atoms with Gasteiger partial charge in [0.2, 0.25) is 5.91 Å². The molecule has 3 rings (SSSR count). The number of carbonyl (C=O) groups excluding carboxylic acids is 3. The molecule has 0 unspecified atom stereocenters. The molecule has 1 heterocycles. The summed E-state index contributed by atoms with van der Waals surface area (Å²) in [5, 5.41) is 3.33. The number of hydrogen-bond donors (Lipinski definition) is 2. The zero-order chi connectivity index (χ0) is 24.7. The van der Waals surface area contributed by atoms with Gasteiger partial charge in [-0.25, -0.2) is 4.98 Å². The van der Waals surface area contributed by atoms with Crippen LogP contribution in [0, 0.1) is 13.8 Å². The number of anilines is 1. The Morgan fingerprint density at radius 2 is 1.76 bits per heavy atom. The lowest BCUT2D eigenvalue weighted by atomic mass is 10.1. The van der Waals surface area contributed by atoms with Gasteiger partial charge in [-0.3, -0.25) is 19.2 Å². The van der Waals surface area contributed by atoms with Crippen LogP contribution in [0.25, 0.3) is 10.9 Å². The quantitative estimate of drug-likeness (QED) is 0.469. The Labute approximate surface area is 197 Å². The lowest BCUT2D eigenvalue weighted by Crippen LogP contribution is -2.37. The number of amides is 2. The van der Waals surface area contributed by atoms with Crippen molar-refractivity contribution in [2.24, 2.45) is 0 Å². The number of esters is 1. The smallest absolute Gasteiger partial charge is 0.306 e. The van der Waals surface area contributed by atoms with E-state index in [9.17, 15) is 19.2 Å². The fraction of sp³-hybridized carbons (Fsp3) is 0.320. The first-order valence-corrected chi connectivity index (χ1v) is 11.0. The van der Waals surface area contributed by atoms with Crippen molar-refractivity contribution in [2.45, 2.75) is 33.1 Å². The van der Waals surface area contributed by atoms with Gasteiger partial charge in [-0.1, -0.05) is 30.3 Å². The number of rotatable bonds is 9. The fourth-order valence-corrected chi connectivity index (χ4v) is 3.47.